The van der Waals surface area contributed by atoms with Crippen molar-refractivity contribution in [3.63, 3.8) is 0 Å². The Balaban J connectivity index is 2.92. The van der Waals surface area contributed by atoms with Gasteiger partial charge in [0, 0.05) is 22.0 Å². The molecule has 0 bridgehead atoms. The van der Waals surface area contributed by atoms with Gasteiger partial charge in [0.05, 0.1) is 6.20 Å². The Morgan fingerprint density at radius 2 is 2.36 bits per heavy atom. The van der Waals surface area contributed by atoms with E-state index in [-0.39, 0.29) is 0 Å². The molecule has 0 radical (unpaired) electrons. The van der Waals surface area contributed by atoms with Crippen molar-refractivity contribution >= 4 is 36.9 Å². The Labute approximate surface area is 74.0 Å². The van der Waals surface area contributed by atoms with Crippen LogP contribution in [0.25, 0.3) is 10.2 Å². The molecule has 0 N–H and O–H groups in total. The van der Waals surface area contributed by atoms with Crippen LogP contribution in [-0.2, 0) is 0 Å². The summed E-state index contributed by atoms with van der Waals surface area (Å²) in [4.78, 5) is 7.73. The van der Waals surface area contributed by atoms with Gasteiger partial charge in [-0.1, -0.05) is 0 Å². The zero-order valence-electron chi connectivity index (χ0n) is 5.32. The summed E-state index contributed by atoms with van der Waals surface area (Å²) in [7, 11) is -1.09. The first-order chi connectivity index (χ1) is 5.29. The standard InChI is InChI=1S/C6H3BrN2OS/c7-6-1-4-5(11(6)10)2-8-3-9-4/h1-3H. The molecule has 1 atom stereocenters. The predicted molar refractivity (Wildman–Crippen MR) is 45.9 cm³/mol. The van der Waals surface area contributed by atoms with Crippen molar-refractivity contribution in [2.24, 2.45) is 0 Å². The molecule has 56 valence electrons. The first-order valence-corrected chi connectivity index (χ1v) is 4.82. The van der Waals surface area contributed by atoms with Gasteiger partial charge >= 0.3 is 0 Å². The van der Waals surface area contributed by atoms with E-state index in [1.807, 2.05) is 0 Å². The van der Waals surface area contributed by atoms with Crippen molar-refractivity contribution in [1.29, 1.82) is 0 Å². The van der Waals surface area contributed by atoms with Crippen LogP contribution in [0.5, 0.6) is 0 Å². The van der Waals surface area contributed by atoms with Gasteiger partial charge in [-0.15, -0.1) is 0 Å². The van der Waals surface area contributed by atoms with Crippen LogP contribution >= 0.6 is 26.7 Å². The summed E-state index contributed by atoms with van der Waals surface area (Å²) in [6.07, 6.45) is 3.02. The quantitative estimate of drug-likeness (QED) is 0.652. The van der Waals surface area contributed by atoms with E-state index >= 15 is 0 Å². The molecule has 2 heterocycles. The smallest absolute Gasteiger partial charge is 0.217 e. The van der Waals surface area contributed by atoms with Crippen molar-refractivity contribution in [2.45, 2.75) is 0 Å². The maximum Gasteiger partial charge on any atom is 0.217 e. The summed E-state index contributed by atoms with van der Waals surface area (Å²) in [5, 5.41) is 0. The molecular weight excluding hydrogens is 228 g/mol. The molecule has 0 aliphatic rings. The van der Waals surface area contributed by atoms with Crippen LogP contribution in [-0.4, -0.2) is 14.5 Å². The SMILES string of the molecule is [O-][s+]1c(Br)cc2ncncc21. The van der Waals surface area contributed by atoms with Gasteiger partial charge in [0.1, 0.15) is 11.8 Å². The second-order valence-corrected chi connectivity index (χ2v) is 4.79. The van der Waals surface area contributed by atoms with E-state index in [2.05, 4.69) is 25.9 Å². The summed E-state index contributed by atoms with van der Waals surface area (Å²) in [5.41, 5.74) is 0.741. The van der Waals surface area contributed by atoms with Gasteiger partial charge in [-0.05, 0) is 10.8 Å². The fraction of sp³-hybridized carbons (Fsp3) is 0. The van der Waals surface area contributed by atoms with Gasteiger partial charge in [-0.25, -0.2) is 9.97 Å². The zero-order chi connectivity index (χ0) is 7.84. The van der Waals surface area contributed by atoms with Gasteiger partial charge < -0.3 is 4.55 Å². The second-order valence-electron chi connectivity index (χ2n) is 1.99. The largest absolute Gasteiger partial charge is 0.589 e. The van der Waals surface area contributed by atoms with Crippen LogP contribution in [0.15, 0.2) is 22.4 Å². The van der Waals surface area contributed by atoms with Gasteiger partial charge in [0.2, 0.25) is 8.49 Å². The number of aromatic nitrogens is 2. The molecule has 11 heavy (non-hydrogen) atoms. The summed E-state index contributed by atoms with van der Waals surface area (Å²) < 4.78 is 12.7. The number of rotatable bonds is 0. The number of fused-ring (bicyclic) bond motifs is 1. The van der Waals surface area contributed by atoms with Crippen LogP contribution in [0.3, 0.4) is 0 Å². The normalized spacial score (nSPS) is 12.4. The first-order valence-electron chi connectivity index (χ1n) is 2.88. The molecule has 0 saturated heterocycles. The van der Waals surface area contributed by atoms with E-state index in [9.17, 15) is 4.55 Å². The molecule has 1 unspecified atom stereocenters. The number of hydrogen-bond donors (Lipinski definition) is 0. The first kappa shape index (κ1) is 7.15. The zero-order valence-corrected chi connectivity index (χ0v) is 7.72. The number of hydrogen-bond acceptors (Lipinski definition) is 3. The minimum Gasteiger partial charge on any atom is -0.589 e. The predicted octanol–water partition coefficient (Wildman–Crippen LogP) is 2.12. The molecule has 2 aromatic heterocycles. The summed E-state index contributed by atoms with van der Waals surface area (Å²) in [6, 6.07) is 1.74. The van der Waals surface area contributed by atoms with Crippen LogP contribution in [0.4, 0.5) is 0 Å². The highest BCUT2D eigenvalue weighted by Gasteiger charge is 2.11. The molecule has 0 amide bonds. The highest BCUT2D eigenvalue weighted by molar-refractivity contribution is 9.11. The van der Waals surface area contributed by atoms with E-state index < -0.39 is 10.8 Å². The van der Waals surface area contributed by atoms with Gasteiger partial charge in [0.15, 0.2) is 0 Å². The number of halogens is 1. The number of nitrogens with zero attached hydrogens (tertiary/aromatic N) is 2. The third kappa shape index (κ3) is 1.05. The van der Waals surface area contributed by atoms with E-state index in [1.165, 1.54) is 6.33 Å². The van der Waals surface area contributed by atoms with Crippen LogP contribution in [0.1, 0.15) is 0 Å². The molecule has 5 heteroatoms. The monoisotopic (exact) mass is 230 g/mol. The Bertz CT molecular complexity index is 400. The average molecular weight is 231 g/mol. The Morgan fingerprint density at radius 1 is 1.55 bits per heavy atom. The van der Waals surface area contributed by atoms with Crippen LogP contribution in [0.2, 0.25) is 0 Å². The van der Waals surface area contributed by atoms with Crippen molar-refractivity contribution in [1.82, 2.24) is 9.97 Å². The lowest BCUT2D eigenvalue weighted by molar-refractivity contribution is 0.599. The summed E-state index contributed by atoms with van der Waals surface area (Å²) in [6.45, 7) is 0. The Hall–Kier alpha value is -0.520. The molecule has 0 saturated carbocycles. The van der Waals surface area contributed by atoms with E-state index in [0.29, 0.717) is 8.49 Å². The topological polar surface area (TPSA) is 48.8 Å². The maximum absolute atomic E-state index is 11.3. The van der Waals surface area contributed by atoms with Crippen LogP contribution in [0, 0.1) is 0 Å². The molecule has 0 aliphatic carbocycles. The van der Waals surface area contributed by atoms with Crippen molar-refractivity contribution in [3.05, 3.63) is 22.4 Å². The third-order valence-electron chi connectivity index (χ3n) is 1.33. The lowest BCUT2D eigenvalue weighted by Crippen LogP contribution is -1.73. The Morgan fingerprint density at radius 3 is 3.09 bits per heavy atom. The molecule has 3 nitrogen and oxygen atoms in total. The molecule has 2 aromatic rings. The fourth-order valence-corrected chi connectivity index (χ4v) is 2.47. The summed E-state index contributed by atoms with van der Waals surface area (Å²) in [5.74, 6) is 0. The van der Waals surface area contributed by atoms with Crippen molar-refractivity contribution in [3.8, 4) is 0 Å². The molecule has 0 aromatic carbocycles. The third-order valence-corrected chi connectivity index (χ3v) is 3.63. The average Bonchev–Trinajstić information content (AvgIpc) is 2.30. The molecule has 0 aliphatic heterocycles. The van der Waals surface area contributed by atoms with Gasteiger partial charge in [0.25, 0.3) is 0 Å². The minimum atomic E-state index is -1.09. The lowest BCUT2D eigenvalue weighted by atomic mass is 10.5. The summed E-state index contributed by atoms with van der Waals surface area (Å²) >= 11 is 3.18. The lowest BCUT2D eigenvalue weighted by Gasteiger charge is -1.87. The molecule has 0 spiro atoms. The van der Waals surface area contributed by atoms with Gasteiger partial charge in [-0.2, -0.15) is 0 Å². The molecular formula is C6H3BrN2OS. The number of thiophene rings is 1. The van der Waals surface area contributed by atoms with E-state index in [4.69, 9.17) is 0 Å². The maximum atomic E-state index is 11.3. The van der Waals surface area contributed by atoms with Crippen molar-refractivity contribution in [2.75, 3.05) is 0 Å². The highest BCUT2D eigenvalue weighted by atomic mass is 79.9. The highest BCUT2D eigenvalue weighted by Crippen LogP contribution is 2.35. The van der Waals surface area contributed by atoms with Gasteiger partial charge in [-0.3, -0.25) is 0 Å². The fourth-order valence-electron chi connectivity index (χ4n) is 0.844. The second kappa shape index (κ2) is 2.51. The van der Waals surface area contributed by atoms with E-state index in [1.54, 1.807) is 12.3 Å². The van der Waals surface area contributed by atoms with E-state index in [0.717, 1.165) is 5.52 Å². The minimum absolute atomic E-state index is 0.660. The molecule has 2 rings (SSSR count). The van der Waals surface area contributed by atoms with Crippen molar-refractivity contribution < 1.29 is 4.55 Å². The molecule has 0 fully saturated rings. The Kier molecular flexibility index (Phi) is 1.63. The van der Waals surface area contributed by atoms with Crippen LogP contribution < -0.4 is 0 Å².